The van der Waals surface area contributed by atoms with Crippen LogP contribution in [0.5, 0.6) is 0 Å². The molecule has 0 unspecified atom stereocenters. The Morgan fingerprint density at radius 2 is 0.133 bits per heavy atom. The molecule has 276 valence electrons. The van der Waals surface area contributed by atoms with Crippen molar-refractivity contribution in [2.45, 2.75) is 0 Å². The topological polar surface area (TPSA) is 0 Å². The molecule has 0 aliphatic rings. The minimum Gasteiger partial charge on any atom is -0.0537 e. The third kappa shape index (κ3) is 5.53. The van der Waals surface area contributed by atoms with Gasteiger partial charge in [-0.1, -0.05) is 146 Å². The maximum Gasteiger partial charge on any atom is -0.0177 e. The molecule has 0 fully saturated rings. The lowest BCUT2D eigenvalue weighted by Crippen LogP contribution is -1.79. The summed E-state index contributed by atoms with van der Waals surface area (Å²) < 4.78 is 0. The highest BCUT2D eigenvalue weighted by Crippen LogP contribution is 2.32. The monoisotopic (exact) mass is 756 g/mol. The van der Waals surface area contributed by atoms with Crippen molar-refractivity contribution >= 4 is 129 Å². The van der Waals surface area contributed by atoms with E-state index < -0.39 is 0 Å². The van der Waals surface area contributed by atoms with Crippen molar-refractivity contribution in [2.24, 2.45) is 0 Å². The Kier molecular flexibility index (Phi) is 7.11. The van der Waals surface area contributed by atoms with Crippen LogP contribution in [0.3, 0.4) is 0 Å². The predicted octanol–water partition coefficient (Wildman–Crippen LogP) is 17.2. The van der Waals surface area contributed by atoms with E-state index in [0.29, 0.717) is 0 Å². The number of hydrogen-bond acceptors (Lipinski definition) is 0. The van der Waals surface area contributed by atoms with Crippen molar-refractivity contribution in [3.05, 3.63) is 218 Å². The first kappa shape index (κ1) is 33.2. The summed E-state index contributed by atoms with van der Waals surface area (Å²) in [6.45, 7) is 0. The SMILES string of the molecule is c1cc2cc3ccc4cc5ccc6cc7ccc8cc9ccc%10cc%11ccc%12cc1c1ccc%10cc%11ccc8cc9ccc6cc7ccc4cc5ccc2cc3ccc%12c1. The second-order valence-corrected chi connectivity index (χ2v) is 16.7. The van der Waals surface area contributed by atoms with Crippen LogP contribution in [0.25, 0.3) is 129 Å². The van der Waals surface area contributed by atoms with E-state index in [1.165, 1.54) is 129 Å². The Morgan fingerprint density at radius 3 is 0.183 bits per heavy atom. The molecule has 0 aliphatic carbocycles. The lowest BCUT2D eigenvalue weighted by atomic mass is 9.99. The lowest BCUT2D eigenvalue weighted by Gasteiger charge is -2.06. The van der Waals surface area contributed by atoms with Crippen molar-refractivity contribution in [3.8, 4) is 0 Å². The summed E-state index contributed by atoms with van der Waals surface area (Å²) in [4.78, 5) is 0. The molecule has 0 saturated carbocycles. The zero-order valence-electron chi connectivity index (χ0n) is 32.8. The van der Waals surface area contributed by atoms with Crippen molar-refractivity contribution in [3.63, 3.8) is 0 Å². The van der Waals surface area contributed by atoms with E-state index in [9.17, 15) is 0 Å². The van der Waals surface area contributed by atoms with Gasteiger partial charge in [0.2, 0.25) is 0 Å². The molecule has 0 saturated heterocycles. The van der Waals surface area contributed by atoms with Gasteiger partial charge in [-0.3, -0.25) is 0 Å². The molecular formula is C60H36. The largest absolute Gasteiger partial charge is 0.0537 e. The van der Waals surface area contributed by atoms with Crippen LogP contribution in [0.4, 0.5) is 0 Å². The Hall–Kier alpha value is -7.80. The molecule has 0 aliphatic heterocycles. The average molecular weight is 757 g/mol. The molecule has 24 bridgehead atoms. The highest BCUT2D eigenvalue weighted by atomic mass is 14.1. The third-order valence-corrected chi connectivity index (χ3v) is 13.0. The van der Waals surface area contributed by atoms with Crippen LogP contribution in [0, 0.1) is 0 Å². The van der Waals surface area contributed by atoms with Gasteiger partial charge in [0.25, 0.3) is 0 Å². The summed E-state index contributed by atoms with van der Waals surface area (Å²) in [5, 5.41) is 28.5. The fourth-order valence-electron chi connectivity index (χ4n) is 9.63. The standard InChI is InChI=1S/C60H36/c1-2-38-26-42-9-11-49-32-51-16-18-55-35-60-24-23-58-33-53-14-13-48-30-46-7-5-40-25-37(1)39-3-4-44(48)29-50(46)15-17-54(58)34-56(53)21-22-59(55)36-57(60)20-19-52(49)31-47(51)8-6-41(38)28-45(42)12-10-43(40)27-39/h1-36H. The van der Waals surface area contributed by atoms with Crippen LogP contribution in [0.15, 0.2) is 218 Å². The first-order chi connectivity index (χ1) is 29.6. The van der Waals surface area contributed by atoms with Crippen molar-refractivity contribution in [2.75, 3.05) is 0 Å². The van der Waals surface area contributed by atoms with Crippen LogP contribution in [0.2, 0.25) is 0 Å². The fourth-order valence-corrected chi connectivity index (χ4v) is 9.63. The first-order valence-electron chi connectivity index (χ1n) is 20.9. The molecule has 0 radical (unpaired) electrons. The minimum absolute atomic E-state index is 1.19. The molecule has 0 atom stereocenters. The molecule has 0 nitrogen and oxygen atoms in total. The Labute approximate surface area is 346 Å². The van der Waals surface area contributed by atoms with Crippen LogP contribution < -0.4 is 0 Å². The van der Waals surface area contributed by atoms with E-state index in [0.717, 1.165) is 0 Å². The van der Waals surface area contributed by atoms with Gasteiger partial charge >= 0.3 is 0 Å². The molecule has 0 spiro atoms. The molecule has 0 heterocycles. The number of hydrogen-bond donors (Lipinski definition) is 0. The summed E-state index contributed by atoms with van der Waals surface area (Å²) in [5.74, 6) is 0. The van der Waals surface area contributed by atoms with Crippen molar-refractivity contribution in [1.29, 1.82) is 0 Å². The summed E-state index contributed by atoms with van der Waals surface area (Å²) in [6.07, 6.45) is 0. The molecule has 0 amide bonds. The van der Waals surface area contributed by atoms with Gasteiger partial charge in [-0.05, 0) is 202 Å². The zero-order chi connectivity index (χ0) is 39.3. The second-order valence-electron chi connectivity index (χ2n) is 16.7. The van der Waals surface area contributed by atoms with Gasteiger partial charge in [0.05, 0.1) is 0 Å². The molecule has 30 rings (SSSR count). The molecule has 0 N–H and O–H groups in total. The number of benzene rings is 6. The van der Waals surface area contributed by atoms with Crippen LogP contribution in [-0.2, 0) is 0 Å². The van der Waals surface area contributed by atoms with E-state index in [4.69, 9.17) is 0 Å². The maximum absolute atomic E-state index is 2.35. The molecule has 30 aromatic rings. The maximum atomic E-state index is 2.35. The van der Waals surface area contributed by atoms with E-state index >= 15 is 0 Å². The summed E-state index contributed by atoms with van der Waals surface area (Å²) in [6, 6.07) is 83.5. The predicted molar refractivity (Wildman–Crippen MR) is 263 cm³/mol. The van der Waals surface area contributed by atoms with E-state index in [1.807, 2.05) is 0 Å². The smallest absolute Gasteiger partial charge is 0.0177 e. The Bertz CT molecular complexity index is 2910. The van der Waals surface area contributed by atoms with Crippen LogP contribution >= 0.6 is 0 Å². The number of rotatable bonds is 0. The molecule has 60 heavy (non-hydrogen) atoms. The fraction of sp³-hybridized carbons (Fsp3) is 0. The summed E-state index contributed by atoms with van der Waals surface area (Å²) >= 11 is 0. The molecule has 0 heteroatoms. The van der Waals surface area contributed by atoms with Gasteiger partial charge in [0, 0.05) is 0 Å². The molecular weight excluding hydrogens is 721 g/mol. The van der Waals surface area contributed by atoms with Crippen LogP contribution in [-0.4, -0.2) is 0 Å². The van der Waals surface area contributed by atoms with Crippen molar-refractivity contribution in [1.82, 2.24) is 0 Å². The van der Waals surface area contributed by atoms with Gasteiger partial charge in [0.1, 0.15) is 0 Å². The van der Waals surface area contributed by atoms with Crippen molar-refractivity contribution < 1.29 is 0 Å². The van der Waals surface area contributed by atoms with Crippen LogP contribution in [0.1, 0.15) is 0 Å². The first-order valence-corrected chi connectivity index (χ1v) is 20.9. The van der Waals surface area contributed by atoms with E-state index in [2.05, 4.69) is 218 Å². The Morgan fingerprint density at radius 1 is 0.0833 bits per heavy atom. The lowest BCUT2D eigenvalue weighted by molar-refractivity contribution is 1.79. The molecule has 30 aromatic carbocycles. The second kappa shape index (κ2) is 12.9. The van der Waals surface area contributed by atoms with Gasteiger partial charge in [-0.2, -0.15) is 0 Å². The summed E-state index contributed by atoms with van der Waals surface area (Å²) in [5.41, 5.74) is 0. The van der Waals surface area contributed by atoms with E-state index in [-0.39, 0.29) is 0 Å². The van der Waals surface area contributed by atoms with Gasteiger partial charge in [-0.25, -0.2) is 0 Å². The van der Waals surface area contributed by atoms with E-state index in [1.54, 1.807) is 0 Å². The third-order valence-electron chi connectivity index (χ3n) is 13.0. The average Bonchev–Trinajstić information content (AvgIpc) is 3.23. The van der Waals surface area contributed by atoms with Gasteiger partial charge < -0.3 is 0 Å². The Balaban J connectivity index is 1.36. The van der Waals surface area contributed by atoms with Gasteiger partial charge in [-0.15, -0.1) is 0 Å². The minimum atomic E-state index is 1.19. The zero-order valence-corrected chi connectivity index (χ0v) is 32.8. The normalized spacial score (nSPS) is 12.0. The highest BCUT2D eigenvalue weighted by Gasteiger charge is 2.05. The highest BCUT2D eigenvalue weighted by molar-refractivity contribution is 6.07. The van der Waals surface area contributed by atoms with Gasteiger partial charge in [0.15, 0.2) is 0 Å². The molecule has 0 aromatic heterocycles. The quantitative estimate of drug-likeness (QED) is 0.145. The summed E-state index contributed by atoms with van der Waals surface area (Å²) in [7, 11) is 0.